The topological polar surface area (TPSA) is 67.2 Å². The maximum absolute atomic E-state index is 13.9. The summed E-state index contributed by atoms with van der Waals surface area (Å²) >= 11 is 0. The van der Waals surface area contributed by atoms with Crippen molar-refractivity contribution in [3.05, 3.63) is 42.1 Å². The van der Waals surface area contributed by atoms with Crippen LogP contribution in [-0.2, 0) is 9.59 Å². The van der Waals surface area contributed by atoms with E-state index in [2.05, 4.69) is 10.4 Å². The van der Waals surface area contributed by atoms with Gasteiger partial charge in [-0.1, -0.05) is 0 Å². The van der Waals surface area contributed by atoms with Crippen LogP contribution < -0.4 is 10.2 Å². The van der Waals surface area contributed by atoms with Crippen molar-refractivity contribution in [1.29, 1.82) is 0 Å². The van der Waals surface area contributed by atoms with Crippen molar-refractivity contribution in [1.82, 2.24) is 9.78 Å². The summed E-state index contributed by atoms with van der Waals surface area (Å²) in [7, 11) is 0. The van der Waals surface area contributed by atoms with Gasteiger partial charge in [-0.25, -0.2) is 13.5 Å². The molecule has 3 rings (SSSR count). The van der Waals surface area contributed by atoms with E-state index in [1.165, 1.54) is 11.0 Å². The lowest BCUT2D eigenvalue weighted by molar-refractivity contribution is -0.122. The van der Waals surface area contributed by atoms with Crippen LogP contribution in [0.1, 0.15) is 26.3 Å². The zero-order valence-corrected chi connectivity index (χ0v) is 13.9. The van der Waals surface area contributed by atoms with Gasteiger partial charge < -0.3 is 10.2 Å². The highest BCUT2D eigenvalue weighted by molar-refractivity contribution is 6.03. The first-order chi connectivity index (χ1) is 11.9. The number of rotatable bonds is 4. The van der Waals surface area contributed by atoms with Gasteiger partial charge in [0.2, 0.25) is 11.8 Å². The first-order valence-corrected chi connectivity index (χ1v) is 7.96. The molecule has 1 fully saturated rings. The molecule has 0 saturated carbocycles. The number of anilines is 2. The third kappa shape index (κ3) is 3.38. The van der Waals surface area contributed by atoms with Gasteiger partial charge in [-0.15, -0.1) is 0 Å². The zero-order chi connectivity index (χ0) is 18.1. The van der Waals surface area contributed by atoms with E-state index >= 15 is 0 Å². The molecule has 0 unspecified atom stereocenters. The molecule has 0 spiro atoms. The van der Waals surface area contributed by atoms with Gasteiger partial charge >= 0.3 is 0 Å². The number of hydrogen-bond acceptors (Lipinski definition) is 3. The zero-order valence-electron chi connectivity index (χ0n) is 13.9. The van der Waals surface area contributed by atoms with Crippen LogP contribution in [0.25, 0.3) is 0 Å². The average Bonchev–Trinajstić information content (AvgIpc) is 3.14. The Morgan fingerprint density at radius 1 is 1.32 bits per heavy atom. The summed E-state index contributed by atoms with van der Waals surface area (Å²) in [5.74, 6) is -2.33. The van der Waals surface area contributed by atoms with Crippen molar-refractivity contribution in [2.24, 2.45) is 5.92 Å². The maximum Gasteiger partial charge on any atom is 0.230 e. The lowest BCUT2D eigenvalue weighted by Gasteiger charge is -2.18. The molecule has 1 aromatic heterocycles. The quantitative estimate of drug-likeness (QED) is 0.924. The second kappa shape index (κ2) is 6.62. The summed E-state index contributed by atoms with van der Waals surface area (Å²) in [6.45, 7) is 3.91. The highest BCUT2D eigenvalue weighted by atomic mass is 19.1. The van der Waals surface area contributed by atoms with Crippen LogP contribution in [0.5, 0.6) is 0 Å². The Morgan fingerprint density at radius 2 is 2.08 bits per heavy atom. The number of benzene rings is 1. The lowest BCUT2D eigenvalue weighted by Crippen LogP contribution is -2.29. The Labute approximate surface area is 143 Å². The minimum absolute atomic E-state index is 0.0195. The fourth-order valence-electron chi connectivity index (χ4n) is 2.87. The number of nitrogens with zero attached hydrogens (tertiary/aromatic N) is 3. The van der Waals surface area contributed by atoms with Crippen LogP contribution in [-0.4, -0.2) is 28.1 Å². The van der Waals surface area contributed by atoms with E-state index < -0.39 is 17.6 Å². The molecule has 8 heteroatoms. The molecular formula is C17H18F2N4O2. The summed E-state index contributed by atoms with van der Waals surface area (Å²) in [5, 5.41) is 6.89. The van der Waals surface area contributed by atoms with E-state index in [0.717, 1.165) is 12.1 Å². The van der Waals surface area contributed by atoms with Crippen molar-refractivity contribution < 1.29 is 18.4 Å². The molecule has 25 heavy (non-hydrogen) atoms. The van der Waals surface area contributed by atoms with Gasteiger partial charge in [-0.05, 0) is 26.0 Å². The van der Waals surface area contributed by atoms with Gasteiger partial charge in [0.15, 0.2) is 0 Å². The first kappa shape index (κ1) is 17.1. The van der Waals surface area contributed by atoms with E-state index in [0.29, 0.717) is 5.82 Å². The van der Waals surface area contributed by atoms with Crippen LogP contribution in [0.3, 0.4) is 0 Å². The summed E-state index contributed by atoms with van der Waals surface area (Å²) in [6.07, 6.45) is 1.55. The Hall–Kier alpha value is -2.77. The van der Waals surface area contributed by atoms with Crippen LogP contribution >= 0.6 is 0 Å². The van der Waals surface area contributed by atoms with Crippen LogP contribution in [0.4, 0.5) is 20.3 Å². The fourth-order valence-corrected chi connectivity index (χ4v) is 2.87. The fraction of sp³-hybridized carbons (Fsp3) is 0.353. The maximum atomic E-state index is 13.9. The van der Waals surface area contributed by atoms with E-state index in [-0.39, 0.29) is 36.5 Å². The second-order valence-electron chi connectivity index (χ2n) is 6.25. The highest BCUT2D eigenvalue weighted by Gasteiger charge is 2.36. The number of amides is 2. The lowest BCUT2D eigenvalue weighted by atomic mass is 10.1. The normalized spacial score (nSPS) is 17.4. The van der Waals surface area contributed by atoms with Crippen LogP contribution in [0.2, 0.25) is 0 Å². The summed E-state index contributed by atoms with van der Waals surface area (Å²) in [5.41, 5.74) is -0.0195. The van der Waals surface area contributed by atoms with Crippen molar-refractivity contribution >= 4 is 23.3 Å². The predicted octanol–water partition coefficient (Wildman–Crippen LogP) is 2.73. The van der Waals surface area contributed by atoms with Crippen molar-refractivity contribution in [3.8, 4) is 0 Å². The van der Waals surface area contributed by atoms with Crippen molar-refractivity contribution in [2.75, 3.05) is 16.8 Å². The van der Waals surface area contributed by atoms with Gasteiger partial charge in [0.25, 0.3) is 0 Å². The molecule has 2 aromatic rings. The van der Waals surface area contributed by atoms with Crippen molar-refractivity contribution in [3.63, 3.8) is 0 Å². The van der Waals surface area contributed by atoms with Gasteiger partial charge in [-0.3, -0.25) is 9.59 Å². The number of halogens is 2. The second-order valence-corrected chi connectivity index (χ2v) is 6.25. The molecule has 1 aromatic carbocycles. The molecule has 132 valence electrons. The highest BCUT2D eigenvalue weighted by Crippen LogP contribution is 2.28. The van der Waals surface area contributed by atoms with E-state index in [9.17, 15) is 18.4 Å². The van der Waals surface area contributed by atoms with E-state index in [4.69, 9.17) is 0 Å². The molecule has 6 nitrogen and oxygen atoms in total. The minimum atomic E-state index is -0.827. The molecule has 1 aliphatic rings. The molecule has 0 bridgehead atoms. The van der Waals surface area contributed by atoms with E-state index in [1.807, 2.05) is 13.8 Å². The molecule has 2 heterocycles. The Balaban J connectivity index is 1.73. The van der Waals surface area contributed by atoms with Gasteiger partial charge in [0.05, 0.1) is 17.8 Å². The molecule has 1 saturated heterocycles. The SMILES string of the molecule is CC(C)n1nccc1NC(=O)[C@@H]1CC(=O)N(c2ccc(F)cc2F)C1. The average molecular weight is 348 g/mol. The van der Waals surface area contributed by atoms with Crippen molar-refractivity contribution in [2.45, 2.75) is 26.3 Å². The number of carbonyl (C=O) groups is 2. The molecule has 1 atom stereocenters. The number of aromatic nitrogens is 2. The monoisotopic (exact) mass is 348 g/mol. The van der Waals surface area contributed by atoms with E-state index in [1.54, 1.807) is 16.9 Å². The summed E-state index contributed by atoms with van der Waals surface area (Å²) in [4.78, 5) is 25.8. The van der Waals surface area contributed by atoms with Gasteiger partial charge in [0, 0.05) is 31.1 Å². The van der Waals surface area contributed by atoms with Crippen LogP contribution in [0, 0.1) is 17.6 Å². The molecule has 1 aliphatic heterocycles. The molecule has 2 amide bonds. The number of carbonyl (C=O) groups excluding carboxylic acids is 2. The third-order valence-electron chi connectivity index (χ3n) is 4.11. The Bertz CT molecular complexity index is 819. The third-order valence-corrected chi connectivity index (χ3v) is 4.11. The number of hydrogen-bond donors (Lipinski definition) is 1. The Kier molecular flexibility index (Phi) is 4.52. The molecule has 1 N–H and O–H groups in total. The molecule has 0 aliphatic carbocycles. The first-order valence-electron chi connectivity index (χ1n) is 7.96. The standard InChI is InChI=1S/C17H18F2N4O2/c1-10(2)23-15(5-6-20-23)21-17(25)11-7-16(24)22(9-11)14-4-3-12(18)8-13(14)19/h3-6,8,10-11H,7,9H2,1-2H3,(H,21,25)/t11-/m1/s1. The smallest absolute Gasteiger partial charge is 0.230 e. The molecular weight excluding hydrogens is 330 g/mol. The molecule has 0 radical (unpaired) electrons. The number of nitrogens with one attached hydrogen (secondary N) is 1. The summed E-state index contributed by atoms with van der Waals surface area (Å²) < 4.78 is 28.6. The van der Waals surface area contributed by atoms with Gasteiger partial charge in [0.1, 0.15) is 17.5 Å². The predicted molar refractivity (Wildman–Crippen MR) is 88.1 cm³/mol. The largest absolute Gasteiger partial charge is 0.311 e. The van der Waals surface area contributed by atoms with Crippen LogP contribution in [0.15, 0.2) is 30.5 Å². The summed E-state index contributed by atoms with van der Waals surface area (Å²) in [6, 6.07) is 4.75. The Morgan fingerprint density at radius 3 is 2.76 bits per heavy atom. The minimum Gasteiger partial charge on any atom is -0.311 e. The van der Waals surface area contributed by atoms with Gasteiger partial charge in [-0.2, -0.15) is 5.10 Å².